The Bertz CT molecular complexity index is 760. The zero-order chi connectivity index (χ0) is 21.5. The number of nitrogens with one attached hydrogen (secondary N) is 2. The number of rotatable bonds is 7. The van der Waals surface area contributed by atoms with E-state index in [-0.39, 0.29) is 53.3 Å². The SMILES string of the molecule is CN=C(NCc1ccc(OC)c(OC(F)F)c1)NC1CCN(C(=O)C2CCCC2)C1.I. The highest BCUT2D eigenvalue weighted by Gasteiger charge is 2.32. The van der Waals surface area contributed by atoms with Gasteiger partial charge < -0.3 is 25.0 Å². The molecule has 7 nitrogen and oxygen atoms in total. The van der Waals surface area contributed by atoms with Crippen LogP contribution in [-0.2, 0) is 11.3 Å². The van der Waals surface area contributed by atoms with Gasteiger partial charge in [0.05, 0.1) is 7.11 Å². The average molecular weight is 552 g/mol. The summed E-state index contributed by atoms with van der Waals surface area (Å²) < 4.78 is 34.8. The van der Waals surface area contributed by atoms with Gasteiger partial charge in [0.1, 0.15) is 0 Å². The van der Waals surface area contributed by atoms with E-state index in [1.165, 1.54) is 13.2 Å². The molecule has 1 aromatic carbocycles. The maximum Gasteiger partial charge on any atom is 0.387 e. The molecule has 1 saturated carbocycles. The van der Waals surface area contributed by atoms with Crippen molar-refractivity contribution in [1.82, 2.24) is 15.5 Å². The Balaban J connectivity index is 0.00000341. The van der Waals surface area contributed by atoms with Gasteiger partial charge in [-0.3, -0.25) is 9.79 Å². The molecule has 174 valence electrons. The van der Waals surface area contributed by atoms with Crippen LogP contribution in [0.5, 0.6) is 11.5 Å². The van der Waals surface area contributed by atoms with E-state index in [1.54, 1.807) is 19.2 Å². The third kappa shape index (κ3) is 7.08. The van der Waals surface area contributed by atoms with Crippen LogP contribution in [0.4, 0.5) is 8.78 Å². The van der Waals surface area contributed by atoms with Crippen LogP contribution < -0.4 is 20.1 Å². The topological polar surface area (TPSA) is 75.2 Å². The lowest BCUT2D eigenvalue weighted by Gasteiger charge is -2.21. The first-order chi connectivity index (χ1) is 14.5. The van der Waals surface area contributed by atoms with Crippen LogP contribution in [0.15, 0.2) is 23.2 Å². The summed E-state index contributed by atoms with van der Waals surface area (Å²) in [5.41, 5.74) is 0.749. The minimum Gasteiger partial charge on any atom is -0.493 e. The van der Waals surface area contributed by atoms with Crippen molar-refractivity contribution in [3.8, 4) is 11.5 Å². The molecule has 1 atom stereocenters. The highest BCUT2D eigenvalue weighted by Crippen LogP contribution is 2.30. The van der Waals surface area contributed by atoms with Crippen LogP contribution in [0.3, 0.4) is 0 Å². The second-order valence-electron chi connectivity index (χ2n) is 7.69. The Kier molecular flexibility index (Phi) is 10.0. The van der Waals surface area contributed by atoms with Crippen molar-refractivity contribution < 1.29 is 23.0 Å². The summed E-state index contributed by atoms with van der Waals surface area (Å²) in [6, 6.07) is 5.02. The summed E-state index contributed by atoms with van der Waals surface area (Å²) in [5, 5.41) is 6.53. The van der Waals surface area contributed by atoms with Crippen LogP contribution in [0.1, 0.15) is 37.7 Å². The molecule has 0 bridgehead atoms. The molecule has 1 amide bonds. The second kappa shape index (κ2) is 12.3. The van der Waals surface area contributed by atoms with Crippen LogP contribution >= 0.6 is 24.0 Å². The molecule has 0 aromatic heterocycles. The molecule has 3 rings (SSSR count). The van der Waals surface area contributed by atoms with E-state index in [9.17, 15) is 13.6 Å². The molecule has 1 aliphatic heterocycles. The molecule has 10 heteroatoms. The molecule has 31 heavy (non-hydrogen) atoms. The largest absolute Gasteiger partial charge is 0.493 e. The number of hydrogen-bond acceptors (Lipinski definition) is 4. The number of ether oxygens (including phenoxy) is 2. The molecule has 1 aromatic rings. The minimum absolute atomic E-state index is 0. The van der Waals surface area contributed by atoms with Crippen molar-refractivity contribution in [2.75, 3.05) is 27.2 Å². The molecule has 1 aliphatic carbocycles. The van der Waals surface area contributed by atoms with Crippen molar-refractivity contribution in [2.24, 2.45) is 10.9 Å². The number of carbonyl (C=O) groups excluding carboxylic acids is 1. The lowest BCUT2D eigenvalue weighted by molar-refractivity contribution is -0.134. The van der Waals surface area contributed by atoms with Crippen molar-refractivity contribution in [2.45, 2.75) is 51.3 Å². The van der Waals surface area contributed by atoms with Gasteiger partial charge >= 0.3 is 6.61 Å². The number of methoxy groups -OCH3 is 1. The highest BCUT2D eigenvalue weighted by molar-refractivity contribution is 14.0. The Morgan fingerprint density at radius 1 is 1.26 bits per heavy atom. The van der Waals surface area contributed by atoms with E-state index in [0.717, 1.165) is 44.2 Å². The number of nitrogens with zero attached hydrogens (tertiary/aromatic N) is 2. The third-order valence-electron chi connectivity index (χ3n) is 5.67. The van der Waals surface area contributed by atoms with E-state index < -0.39 is 6.61 Å². The molecule has 1 saturated heterocycles. The molecule has 1 heterocycles. The fourth-order valence-corrected chi connectivity index (χ4v) is 4.10. The number of likely N-dealkylation sites (tertiary alicyclic amines) is 1. The van der Waals surface area contributed by atoms with Gasteiger partial charge in [0, 0.05) is 38.6 Å². The number of alkyl halides is 2. The number of halogens is 3. The first-order valence-corrected chi connectivity index (χ1v) is 10.4. The molecule has 2 N–H and O–H groups in total. The van der Waals surface area contributed by atoms with Gasteiger partial charge in [-0.25, -0.2) is 0 Å². The number of aliphatic imine (C=N–C) groups is 1. The van der Waals surface area contributed by atoms with E-state index in [0.29, 0.717) is 19.0 Å². The lowest BCUT2D eigenvalue weighted by atomic mass is 10.1. The summed E-state index contributed by atoms with van der Waals surface area (Å²) in [7, 11) is 3.07. The van der Waals surface area contributed by atoms with Crippen LogP contribution in [0, 0.1) is 5.92 Å². The summed E-state index contributed by atoms with van der Waals surface area (Å²) >= 11 is 0. The van der Waals surface area contributed by atoms with Crippen molar-refractivity contribution >= 4 is 35.8 Å². The van der Waals surface area contributed by atoms with Crippen molar-refractivity contribution in [3.63, 3.8) is 0 Å². The normalized spacial score (nSPS) is 19.3. The fraction of sp³-hybridized carbons (Fsp3) is 0.619. The quantitative estimate of drug-likeness (QED) is 0.309. The van der Waals surface area contributed by atoms with Crippen LogP contribution in [0.2, 0.25) is 0 Å². The first kappa shape index (κ1) is 25.4. The number of carbonyl (C=O) groups is 1. The number of hydrogen-bond donors (Lipinski definition) is 2. The number of amides is 1. The Morgan fingerprint density at radius 2 is 2.00 bits per heavy atom. The Hall–Kier alpha value is -1.85. The lowest BCUT2D eigenvalue weighted by Crippen LogP contribution is -2.45. The van der Waals surface area contributed by atoms with Gasteiger partial charge in [-0.05, 0) is 37.0 Å². The van der Waals surface area contributed by atoms with Gasteiger partial charge in [0.25, 0.3) is 0 Å². The van der Waals surface area contributed by atoms with E-state index in [2.05, 4.69) is 20.4 Å². The maximum absolute atomic E-state index is 12.6. The molecular weight excluding hydrogens is 521 g/mol. The number of guanidine groups is 1. The van der Waals surface area contributed by atoms with Gasteiger partial charge in [-0.15, -0.1) is 24.0 Å². The van der Waals surface area contributed by atoms with Gasteiger partial charge in [-0.2, -0.15) is 8.78 Å². The zero-order valence-corrected chi connectivity index (χ0v) is 20.2. The summed E-state index contributed by atoms with van der Waals surface area (Å²) in [5.74, 6) is 1.32. The Labute approximate surface area is 199 Å². The summed E-state index contributed by atoms with van der Waals surface area (Å²) in [6.07, 6.45) is 5.19. The smallest absolute Gasteiger partial charge is 0.387 e. The first-order valence-electron chi connectivity index (χ1n) is 10.4. The number of benzene rings is 1. The Morgan fingerprint density at radius 3 is 2.65 bits per heavy atom. The van der Waals surface area contributed by atoms with Gasteiger partial charge in [-0.1, -0.05) is 18.9 Å². The van der Waals surface area contributed by atoms with Crippen molar-refractivity contribution in [3.05, 3.63) is 23.8 Å². The predicted octanol–water partition coefficient (Wildman–Crippen LogP) is 3.37. The molecule has 0 radical (unpaired) electrons. The molecular formula is C21H31F2IN4O3. The second-order valence-corrected chi connectivity index (χ2v) is 7.69. The highest BCUT2D eigenvalue weighted by atomic mass is 127. The van der Waals surface area contributed by atoms with Gasteiger partial charge in [0.2, 0.25) is 5.91 Å². The molecule has 2 aliphatic rings. The van der Waals surface area contributed by atoms with Crippen LogP contribution in [-0.4, -0.2) is 56.7 Å². The average Bonchev–Trinajstić information content (AvgIpc) is 3.42. The third-order valence-corrected chi connectivity index (χ3v) is 5.67. The van der Waals surface area contributed by atoms with E-state index in [1.807, 2.05) is 4.90 Å². The predicted molar refractivity (Wildman–Crippen MR) is 125 cm³/mol. The molecule has 0 spiro atoms. The maximum atomic E-state index is 12.6. The summed E-state index contributed by atoms with van der Waals surface area (Å²) in [4.78, 5) is 18.8. The minimum atomic E-state index is -2.92. The van der Waals surface area contributed by atoms with Gasteiger partial charge in [0.15, 0.2) is 17.5 Å². The summed E-state index contributed by atoms with van der Waals surface area (Å²) in [6.45, 7) is -1.11. The van der Waals surface area contributed by atoms with E-state index in [4.69, 9.17) is 4.74 Å². The van der Waals surface area contributed by atoms with Crippen LogP contribution in [0.25, 0.3) is 0 Å². The van der Waals surface area contributed by atoms with E-state index >= 15 is 0 Å². The van der Waals surface area contributed by atoms with Crippen molar-refractivity contribution in [1.29, 1.82) is 0 Å². The molecule has 2 fully saturated rings. The monoisotopic (exact) mass is 552 g/mol. The molecule has 1 unspecified atom stereocenters. The standard InChI is InChI=1S/C21H30F2N4O3.HI/c1-24-21(25-12-14-7-8-17(29-2)18(11-14)30-20(22)23)26-16-9-10-27(13-16)19(28)15-5-3-4-6-15;/h7-8,11,15-16,20H,3-6,9-10,12-13H2,1-2H3,(H2,24,25,26);1H. The fourth-order valence-electron chi connectivity index (χ4n) is 4.10. The zero-order valence-electron chi connectivity index (χ0n) is 17.9.